The van der Waals surface area contributed by atoms with Gasteiger partial charge in [0.2, 0.25) is 0 Å². The number of hydrogen-bond acceptors (Lipinski definition) is 5. The predicted molar refractivity (Wildman–Crippen MR) is 133 cm³/mol. The van der Waals surface area contributed by atoms with E-state index in [0.29, 0.717) is 23.7 Å². The molecule has 4 aromatic carbocycles. The van der Waals surface area contributed by atoms with E-state index < -0.39 is 0 Å². The average Bonchev–Trinajstić information content (AvgIpc) is 2.85. The van der Waals surface area contributed by atoms with Gasteiger partial charge in [-0.15, -0.1) is 0 Å². The molecule has 0 aliphatic rings. The lowest BCUT2D eigenvalue weighted by Gasteiger charge is -2.14. The van der Waals surface area contributed by atoms with Crippen molar-refractivity contribution in [3.05, 3.63) is 106 Å². The molecule has 0 bridgehead atoms. The molecule has 6 heteroatoms. The number of fused-ring (bicyclic) bond motifs is 1. The summed E-state index contributed by atoms with van der Waals surface area (Å²) in [5.74, 6) is 1.20. The highest BCUT2D eigenvalue weighted by atomic mass is 79.9. The second kappa shape index (κ2) is 10.7. The maximum absolute atomic E-state index is 9.16. The van der Waals surface area contributed by atoms with Gasteiger partial charge < -0.3 is 14.3 Å². The molecule has 5 nitrogen and oxygen atoms in total. The molecule has 0 radical (unpaired) electrons. The molecular formula is C27H21BrN2O3. The van der Waals surface area contributed by atoms with Gasteiger partial charge in [-0.3, -0.25) is 0 Å². The first-order valence-corrected chi connectivity index (χ1v) is 11.1. The van der Waals surface area contributed by atoms with Gasteiger partial charge in [0.25, 0.3) is 0 Å². The Morgan fingerprint density at radius 2 is 1.73 bits per heavy atom. The third-order valence-electron chi connectivity index (χ3n) is 5.08. The van der Waals surface area contributed by atoms with Crippen LogP contribution in [0.2, 0.25) is 0 Å². The minimum Gasteiger partial charge on any atom is -0.493 e. The molecule has 0 spiro atoms. The first-order chi connectivity index (χ1) is 16.2. The summed E-state index contributed by atoms with van der Waals surface area (Å²) in [4.78, 5) is 5.38. The van der Waals surface area contributed by atoms with Gasteiger partial charge in [0, 0.05) is 11.1 Å². The molecule has 0 saturated heterocycles. The Balaban J connectivity index is 1.43. The van der Waals surface area contributed by atoms with Crippen molar-refractivity contribution >= 4 is 32.9 Å². The van der Waals surface area contributed by atoms with Crippen molar-refractivity contribution in [2.24, 2.45) is 5.16 Å². The number of hydrogen-bond donors (Lipinski definition) is 0. The van der Waals surface area contributed by atoms with E-state index in [1.165, 1.54) is 10.8 Å². The number of benzene rings is 4. The van der Waals surface area contributed by atoms with Gasteiger partial charge in [-0.1, -0.05) is 59.8 Å². The maximum atomic E-state index is 9.16. The molecule has 4 aromatic rings. The fourth-order valence-corrected chi connectivity index (χ4v) is 3.97. The van der Waals surface area contributed by atoms with Crippen molar-refractivity contribution in [3.63, 3.8) is 0 Å². The van der Waals surface area contributed by atoms with E-state index in [9.17, 15) is 0 Å². The van der Waals surface area contributed by atoms with E-state index in [1.807, 2.05) is 42.5 Å². The molecule has 164 valence electrons. The molecule has 0 heterocycles. The van der Waals surface area contributed by atoms with Crippen LogP contribution in [0.1, 0.15) is 22.3 Å². The molecule has 0 amide bonds. The van der Waals surface area contributed by atoms with Crippen molar-refractivity contribution < 1.29 is 14.3 Å². The van der Waals surface area contributed by atoms with Gasteiger partial charge in [-0.25, -0.2) is 0 Å². The van der Waals surface area contributed by atoms with E-state index in [1.54, 1.807) is 19.4 Å². The third-order valence-corrected chi connectivity index (χ3v) is 5.67. The van der Waals surface area contributed by atoms with Gasteiger partial charge in [-0.2, -0.15) is 5.26 Å². The van der Waals surface area contributed by atoms with Crippen LogP contribution < -0.4 is 9.47 Å². The van der Waals surface area contributed by atoms with Gasteiger partial charge in [-0.05, 0) is 56.5 Å². The molecule has 0 unspecified atom stereocenters. The average molecular weight is 501 g/mol. The smallest absolute Gasteiger partial charge is 0.175 e. The summed E-state index contributed by atoms with van der Waals surface area (Å²) in [5, 5.41) is 15.6. The van der Waals surface area contributed by atoms with E-state index in [-0.39, 0.29) is 6.61 Å². The van der Waals surface area contributed by atoms with Gasteiger partial charge in [0.05, 0.1) is 29.4 Å². The number of rotatable bonds is 8. The lowest BCUT2D eigenvalue weighted by Crippen LogP contribution is -2.00. The van der Waals surface area contributed by atoms with Crippen LogP contribution in [0.25, 0.3) is 10.8 Å². The van der Waals surface area contributed by atoms with Crippen molar-refractivity contribution in [2.45, 2.75) is 13.2 Å². The Bertz CT molecular complexity index is 1350. The van der Waals surface area contributed by atoms with Crippen LogP contribution in [-0.2, 0) is 18.1 Å². The lowest BCUT2D eigenvalue weighted by atomic mass is 10.1. The molecule has 0 aliphatic carbocycles. The first-order valence-electron chi connectivity index (χ1n) is 10.3. The van der Waals surface area contributed by atoms with Crippen LogP contribution in [0.3, 0.4) is 0 Å². The van der Waals surface area contributed by atoms with E-state index in [0.717, 1.165) is 21.2 Å². The molecule has 33 heavy (non-hydrogen) atoms. The van der Waals surface area contributed by atoms with Crippen LogP contribution in [0, 0.1) is 11.3 Å². The highest BCUT2D eigenvalue weighted by Crippen LogP contribution is 2.37. The summed E-state index contributed by atoms with van der Waals surface area (Å²) in [6, 6.07) is 27.6. The zero-order chi connectivity index (χ0) is 23.0. The Kier molecular flexibility index (Phi) is 7.23. The van der Waals surface area contributed by atoms with Crippen molar-refractivity contribution in [3.8, 4) is 17.6 Å². The summed E-state index contributed by atoms with van der Waals surface area (Å²) in [6.07, 6.45) is 1.59. The van der Waals surface area contributed by atoms with Gasteiger partial charge in [0.15, 0.2) is 11.5 Å². The number of nitrogens with zero attached hydrogens (tertiary/aromatic N) is 2. The Morgan fingerprint density at radius 1 is 0.939 bits per heavy atom. The molecule has 0 N–H and O–H groups in total. The Morgan fingerprint density at radius 3 is 2.55 bits per heavy atom. The minimum absolute atomic E-state index is 0.214. The van der Waals surface area contributed by atoms with Gasteiger partial charge in [0.1, 0.15) is 13.2 Å². The monoisotopic (exact) mass is 500 g/mol. The first kappa shape index (κ1) is 22.4. The number of halogens is 1. The number of oxime groups is 1. The van der Waals surface area contributed by atoms with Crippen LogP contribution in [-0.4, -0.2) is 13.3 Å². The molecule has 0 aliphatic heterocycles. The topological polar surface area (TPSA) is 63.8 Å². The zero-order valence-electron chi connectivity index (χ0n) is 18.0. The third kappa shape index (κ3) is 5.51. The second-order valence-corrected chi connectivity index (χ2v) is 8.14. The number of nitriles is 1. The summed E-state index contributed by atoms with van der Waals surface area (Å²) >= 11 is 3.57. The fourth-order valence-electron chi connectivity index (χ4n) is 3.40. The fraction of sp³-hybridized carbons (Fsp3) is 0.111. The molecule has 4 rings (SSSR count). The van der Waals surface area contributed by atoms with Crippen LogP contribution in [0.4, 0.5) is 0 Å². The SMILES string of the molecule is COc1cc(/C=N\OCc2ccccc2C#N)cc(Br)c1OCc1ccc2ccccc2c1. The second-order valence-electron chi connectivity index (χ2n) is 7.28. The highest BCUT2D eigenvalue weighted by molar-refractivity contribution is 9.10. The molecule has 0 aromatic heterocycles. The van der Waals surface area contributed by atoms with Crippen molar-refractivity contribution in [1.82, 2.24) is 0 Å². The summed E-state index contributed by atoms with van der Waals surface area (Å²) in [5.41, 5.74) is 3.21. The van der Waals surface area contributed by atoms with E-state index >= 15 is 0 Å². The van der Waals surface area contributed by atoms with Crippen LogP contribution >= 0.6 is 15.9 Å². The highest BCUT2D eigenvalue weighted by Gasteiger charge is 2.12. The summed E-state index contributed by atoms with van der Waals surface area (Å²) < 4.78 is 12.4. The molecule has 0 atom stereocenters. The van der Waals surface area contributed by atoms with Crippen LogP contribution in [0.15, 0.2) is 88.5 Å². The quantitative estimate of drug-likeness (QED) is 0.201. The lowest BCUT2D eigenvalue weighted by molar-refractivity contribution is 0.132. The normalized spacial score (nSPS) is 10.8. The zero-order valence-corrected chi connectivity index (χ0v) is 19.6. The van der Waals surface area contributed by atoms with E-state index in [2.05, 4.69) is 57.5 Å². The largest absolute Gasteiger partial charge is 0.493 e. The standard InChI is InChI=1S/C27H21BrN2O3/c1-31-26-14-20(16-30-33-18-24-9-5-4-8-23(24)15-29)13-25(28)27(26)32-17-19-10-11-21-6-2-3-7-22(21)12-19/h2-14,16H,17-18H2,1H3/b30-16-. The number of methoxy groups -OCH3 is 1. The van der Waals surface area contributed by atoms with Gasteiger partial charge >= 0.3 is 0 Å². The van der Waals surface area contributed by atoms with Crippen molar-refractivity contribution in [1.29, 1.82) is 5.26 Å². The Labute approximate surface area is 201 Å². The Hall–Kier alpha value is -3.82. The van der Waals surface area contributed by atoms with E-state index in [4.69, 9.17) is 19.6 Å². The van der Waals surface area contributed by atoms with Crippen LogP contribution in [0.5, 0.6) is 11.5 Å². The maximum Gasteiger partial charge on any atom is 0.175 e. The number of ether oxygens (including phenoxy) is 2. The summed E-state index contributed by atoms with van der Waals surface area (Å²) in [7, 11) is 1.60. The molecular weight excluding hydrogens is 480 g/mol. The predicted octanol–water partition coefficient (Wildman–Crippen LogP) is 6.61. The van der Waals surface area contributed by atoms with Crippen molar-refractivity contribution in [2.75, 3.05) is 7.11 Å². The summed E-state index contributed by atoms with van der Waals surface area (Å²) in [6.45, 7) is 0.625. The molecule has 0 saturated carbocycles. The molecule has 0 fully saturated rings. The minimum atomic E-state index is 0.214.